The third kappa shape index (κ3) is 3.29. The van der Waals surface area contributed by atoms with E-state index in [0.717, 1.165) is 18.8 Å². The number of piperazine rings is 1. The summed E-state index contributed by atoms with van der Waals surface area (Å²) in [5.74, 6) is -0.0808. The molecule has 0 N–H and O–H groups in total. The lowest BCUT2D eigenvalue weighted by Crippen LogP contribution is -2.48. The maximum Gasteiger partial charge on any atom is 0.265 e. The third-order valence-corrected chi connectivity index (χ3v) is 5.74. The van der Waals surface area contributed by atoms with Crippen LogP contribution in [0.5, 0.6) is 0 Å². The quantitative estimate of drug-likeness (QED) is 0.468. The highest BCUT2D eigenvalue weighted by molar-refractivity contribution is 6.30. The van der Waals surface area contributed by atoms with Crippen LogP contribution in [0.2, 0.25) is 5.02 Å². The second-order valence-electron chi connectivity index (χ2n) is 7.34. The van der Waals surface area contributed by atoms with Crippen LogP contribution in [-0.4, -0.2) is 46.4 Å². The molecule has 5 rings (SSSR count). The number of aromatic nitrogens is 2. The molecule has 0 atom stereocenters. The summed E-state index contributed by atoms with van der Waals surface area (Å²) in [5, 5.41) is 1.24. The van der Waals surface area contributed by atoms with Gasteiger partial charge in [0, 0.05) is 43.1 Å². The molecule has 0 spiro atoms. The molecule has 2 aromatic heterocycles. The highest BCUT2D eigenvalue weighted by Crippen LogP contribution is 2.21. The van der Waals surface area contributed by atoms with Gasteiger partial charge in [-0.25, -0.2) is 4.98 Å². The zero-order valence-electron chi connectivity index (χ0n) is 16.2. The Hall–Kier alpha value is -3.38. The van der Waals surface area contributed by atoms with Crippen molar-refractivity contribution >= 4 is 39.7 Å². The Balaban J connectivity index is 1.39. The number of nitrogens with zero attached hydrogens (tertiary/aromatic N) is 4. The van der Waals surface area contributed by atoms with Gasteiger partial charge >= 0.3 is 0 Å². The van der Waals surface area contributed by atoms with Crippen molar-refractivity contribution in [3.8, 4) is 0 Å². The topological polar surface area (TPSA) is 57.9 Å². The van der Waals surface area contributed by atoms with Crippen molar-refractivity contribution < 1.29 is 4.79 Å². The molecule has 0 bridgehead atoms. The summed E-state index contributed by atoms with van der Waals surface area (Å²) in [6.07, 6.45) is 1.60. The fourth-order valence-electron chi connectivity index (χ4n) is 3.90. The minimum absolute atomic E-state index is 0.0808. The van der Waals surface area contributed by atoms with Crippen molar-refractivity contribution in [2.75, 3.05) is 31.1 Å². The number of fused-ring (bicyclic) bond motifs is 2. The maximum atomic E-state index is 13.1. The largest absolute Gasteiger partial charge is 0.368 e. The molecule has 0 radical (unpaired) electrons. The van der Waals surface area contributed by atoms with E-state index < -0.39 is 0 Å². The summed E-state index contributed by atoms with van der Waals surface area (Å²) in [4.78, 5) is 34.5. The molecule has 7 heteroatoms. The van der Waals surface area contributed by atoms with E-state index in [9.17, 15) is 9.59 Å². The molecule has 0 aliphatic carbocycles. The lowest BCUT2D eigenvalue weighted by Gasteiger charge is -2.36. The molecule has 1 amide bonds. The number of hydrogen-bond donors (Lipinski definition) is 0. The first-order valence-electron chi connectivity index (χ1n) is 9.81. The van der Waals surface area contributed by atoms with E-state index in [4.69, 9.17) is 11.6 Å². The lowest BCUT2D eigenvalue weighted by molar-refractivity contribution is 0.0746. The first-order chi connectivity index (χ1) is 14.6. The molecule has 6 nitrogen and oxygen atoms in total. The van der Waals surface area contributed by atoms with Crippen LogP contribution in [0.1, 0.15) is 10.4 Å². The third-order valence-electron chi connectivity index (χ3n) is 5.50. The van der Waals surface area contributed by atoms with Crippen LogP contribution in [0.25, 0.3) is 16.6 Å². The number of pyridine rings is 1. The van der Waals surface area contributed by atoms with Crippen molar-refractivity contribution in [2.24, 2.45) is 0 Å². The summed E-state index contributed by atoms with van der Waals surface area (Å²) in [6, 6.07) is 18.4. The number of para-hydroxylation sites is 1. The van der Waals surface area contributed by atoms with Gasteiger partial charge in [-0.3, -0.25) is 14.0 Å². The normalized spacial score (nSPS) is 14.4. The zero-order chi connectivity index (χ0) is 20.7. The van der Waals surface area contributed by atoms with Gasteiger partial charge in [-0.2, -0.15) is 0 Å². The zero-order valence-corrected chi connectivity index (χ0v) is 16.9. The molecule has 1 aliphatic heterocycles. The van der Waals surface area contributed by atoms with E-state index in [1.807, 2.05) is 47.4 Å². The van der Waals surface area contributed by atoms with Crippen LogP contribution < -0.4 is 10.5 Å². The number of rotatable bonds is 2. The summed E-state index contributed by atoms with van der Waals surface area (Å²) in [6.45, 7) is 2.67. The number of amides is 1. The maximum absolute atomic E-state index is 13.1. The van der Waals surface area contributed by atoms with Gasteiger partial charge in [-0.1, -0.05) is 29.8 Å². The van der Waals surface area contributed by atoms with Gasteiger partial charge in [0.25, 0.3) is 11.5 Å². The van der Waals surface area contributed by atoms with Crippen molar-refractivity contribution in [1.82, 2.24) is 14.3 Å². The van der Waals surface area contributed by atoms with Gasteiger partial charge in [-0.05, 0) is 42.5 Å². The number of halogens is 1. The minimum Gasteiger partial charge on any atom is -0.368 e. The number of hydrogen-bond acceptors (Lipinski definition) is 4. The monoisotopic (exact) mass is 418 g/mol. The van der Waals surface area contributed by atoms with Crippen molar-refractivity contribution in [3.05, 3.63) is 87.8 Å². The Morgan fingerprint density at radius 1 is 0.933 bits per heavy atom. The van der Waals surface area contributed by atoms with Crippen LogP contribution in [-0.2, 0) is 0 Å². The number of carbonyl (C=O) groups excluding carboxylic acids is 1. The number of anilines is 1. The first-order valence-corrected chi connectivity index (χ1v) is 10.2. The molecular formula is C23H19ClN4O2. The van der Waals surface area contributed by atoms with E-state index in [0.29, 0.717) is 40.2 Å². The van der Waals surface area contributed by atoms with Crippen LogP contribution in [0.3, 0.4) is 0 Å². The van der Waals surface area contributed by atoms with Crippen molar-refractivity contribution in [2.45, 2.75) is 0 Å². The molecule has 30 heavy (non-hydrogen) atoms. The SMILES string of the molecule is O=C(c1ccc2nc3ccccc3c(=O)n2c1)N1CCN(c2cccc(Cl)c2)CC1. The van der Waals surface area contributed by atoms with E-state index in [-0.39, 0.29) is 11.5 Å². The second kappa shape index (κ2) is 7.46. The minimum atomic E-state index is -0.170. The fraction of sp³-hybridized carbons (Fsp3) is 0.174. The molecule has 0 saturated carbocycles. The van der Waals surface area contributed by atoms with Gasteiger partial charge in [0.2, 0.25) is 0 Å². The number of carbonyl (C=O) groups is 1. The fourth-order valence-corrected chi connectivity index (χ4v) is 4.09. The van der Waals surface area contributed by atoms with Crippen LogP contribution in [0.15, 0.2) is 71.7 Å². The lowest BCUT2D eigenvalue weighted by atomic mass is 10.2. The highest BCUT2D eigenvalue weighted by atomic mass is 35.5. The Morgan fingerprint density at radius 2 is 1.73 bits per heavy atom. The molecule has 150 valence electrons. The predicted molar refractivity (Wildman–Crippen MR) is 119 cm³/mol. The standard InChI is InChI=1S/C23H19ClN4O2/c24-17-4-3-5-18(14-17)26-10-12-27(13-11-26)22(29)16-8-9-21-25-20-7-2-1-6-19(20)23(30)28(21)15-16/h1-9,14-15H,10-13H2. The Labute approximate surface area is 177 Å². The summed E-state index contributed by atoms with van der Waals surface area (Å²) >= 11 is 6.10. The first kappa shape index (κ1) is 18.6. The van der Waals surface area contributed by atoms with Gasteiger partial charge in [-0.15, -0.1) is 0 Å². The van der Waals surface area contributed by atoms with E-state index in [1.165, 1.54) is 4.40 Å². The average Bonchev–Trinajstić information content (AvgIpc) is 2.79. The van der Waals surface area contributed by atoms with Crippen LogP contribution in [0, 0.1) is 0 Å². The molecule has 1 saturated heterocycles. The van der Waals surface area contributed by atoms with E-state index in [2.05, 4.69) is 9.88 Å². The Bertz CT molecular complexity index is 1330. The van der Waals surface area contributed by atoms with Gasteiger partial charge < -0.3 is 9.80 Å². The molecule has 1 fully saturated rings. The molecule has 4 aromatic rings. The van der Waals surface area contributed by atoms with Gasteiger partial charge in [0.1, 0.15) is 5.65 Å². The summed E-state index contributed by atoms with van der Waals surface area (Å²) in [7, 11) is 0. The summed E-state index contributed by atoms with van der Waals surface area (Å²) in [5.41, 5.74) is 2.55. The highest BCUT2D eigenvalue weighted by Gasteiger charge is 2.23. The molecule has 1 aliphatic rings. The molecule has 2 aromatic carbocycles. The van der Waals surface area contributed by atoms with Crippen molar-refractivity contribution in [3.63, 3.8) is 0 Å². The second-order valence-corrected chi connectivity index (χ2v) is 7.78. The predicted octanol–water partition coefficient (Wildman–Crippen LogP) is 3.46. The average molecular weight is 419 g/mol. The van der Waals surface area contributed by atoms with Gasteiger partial charge in [0.15, 0.2) is 0 Å². The molecular weight excluding hydrogens is 400 g/mol. The van der Waals surface area contributed by atoms with E-state index >= 15 is 0 Å². The summed E-state index contributed by atoms with van der Waals surface area (Å²) < 4.78 is 1.46. The van der Waals surface area contributed by atoms with Crippen LogP contribution >= 0.6 is 11.6 Å². The van der Waals surface area contributed by atoms with E-state index in [1.54, 1.807) is 24.4 Å². The molecule has 3 heterocycles. The van der Waals surface area contributed by atoms with Crippen molar-refractivity contribution in [1.29, 1.82) is 0 Å². The smallest absolute Gasteiger partial charge is 0.265 e. The number of benzene rings is 2. The molecule has 0 unspecified atom stereocenters. The Morgan fingerprint density at radius 3 is 2.53 bits per heavy atom. The van der Waals surface area contributed by atoms with Gasteiger partial charge in [0.05, 0.1) is 16.5 Å². The Kier molecular flexibility index (Phi) is 4.64. The van der Waals surface area contributed by atoms with Crippen LogP contribution in [0.4, 0.5) is 5.69 Å².